The average molecular weight is 1160 g/mol. The summed E-state index contributed by atoms with van der Waals surface area (Å²) in [7, 11) is 0. The van der Waals surface area contributed by atoms with Crippen LogP contribution >= 0.6 is 0 Å². The molecule has 0 unspecified atom stereocenters. The van der Waals surface area contributed by atoms with Crippen molar-refractivity contribution in [3.05, 3.63) is 187 Å². The number of anilines is 2. The molecule has 4 heterocycles. The minimum atomic E-state index is -4.77. The van der Waals surface area contributed by atoms with E-state index in [4.69, 9.17) is 14.5 Å². The van der Waals surface area contributed by atoms with Crippen LogP contribution in [0.5, 0.6) is 11.8 Å². The summed E-state index contributed by atoms with van der Waals surface area (Å²) in [5.41, 5.74) is -1.69. The normalized spacial score (nSPS) is 19.5. The van der Waals surface area contributed by atoms with Crippen LogP contribution in [-0.4, -0.2) is 95.6 Å². The summed E-state index contributed by atoms with van der Waals surface area (Å²) in [4.78, 5) is 46.2. The number of aldehydes is 1. The maximum atomic E-state index is 13.3. The zero-order valence-electron chi connectivity index (χ0n) is 45.4. The van der Waals surface area contributed by atoms with E-state index in [1.165, 1.54) is 48.5 Å². The minimum absolute atomic E-state index is 0.0228. The molecule has 0 bridgehead atoms. The number of rotatable bonds is 15. The quantitative estimate of drug-likeness (QED) is 0.0446. The summed E-state index contributed by atoms with van der Waals surface area (Å²) in [6, 6.07) is 30.1. The van der Waals surface area contributed by atoms with Gasteiger partial charge in [0.25, 0.3) is 11.4 Å². The molecule has 2 aliphatic carbocycles. The third-order valence-corrected chi connectivity index (χ3v) is 15.2. The molecule has 23 heteroatoms. The van der Waals surface area contributed by atoms with E-state index in [9.17, 15) is 60.1 Å². The Morgan fingerprint density at radius 1 is 0.542 bits per heavy atom. The lowest BCUT2D eigenvalue weighted by Crippen LogP contribution is -2.46. The van der Waals surface area contributed by atoms with E-state index in [2.05, 4.69) is 25.0 Å². The zero-order valence-corrected chi connectivity index (χ0v) is 45.4. The van der Waals surface area contributed by atoms with Crippen LogP contribution in [0, 0.1) is 43.7 Å². The number of hydrogen-bond donors (Lipinski definition) is 1. The van der Waals surface area contributed by atoms with E-state index in [1.807, 2.05) is 48.5 Å². The second-order valence-corrected chi connectivity index (χ2v) is 21.1. The van der Waals surface area contributed by atoms with Crippen LogP contribution in [0.4, 0.5) is 58.1 Å². The fourth-order valence-corrected chi connectivity index (χ4v) is 10.8. The van der Waals surface area contributed by atoms with Gasteiger partial charge in [-0.3, -0.25) is 29.9 Å². The van der Waals surface area contributed by atoms with Gasteiger partial charge in [-0.25, -0.2) is 8.78 Å². The molecule has 442 valence electrons. The number of nitrogens with zero attached hydrogens (tertiary/aromatic N) is 7. The molecule has 2 saturated carbocycles. The molecule has 0 atom stereocenters. The van der Waals surface area contributed by atoms with Gasteiger partial charge < -0.3 is 24.6 Å². The van der Waals surface area contributed by atoms with Gasteiger partial charge in [-0.2, -0.15) is 36.3 Å². The Bertz CT molecular complexity index is 3090. The number of benzene rings is 4. The van der Waals surface area contributed by atoms with Crippen molar-refractivity contribution >= 4 is 29.3 Å². The van der Waals surface area contributed by atoms with Crippen LogP contribution in [0.15, 0.2) is 121 Å². The van der Waals surface area contributed by atoms with Crippen molar-refractivity contribution in [3.63, 3.8) is 0 Å². The molecule has 10 rings (SSSR count). The van der Waals surface area contributed by atoms with Gasteiger partial charge in [0.1, 0.15) is 52.9 Å². The van der Waals surface area contributed by atoms with Crippen molar-refractivity contribution in [3.8, 4) is 11.8 Å². The van der Waals surface area contributed by atoms with Gasteiger partial charge in [-0.05, 0) is 153 Å². The molecule has 0 amide bonds. The largest absolute Gasteiger partial charge is 0.474 e. The SMILES string of the molecule is O=Cc1ccc(F)cc1.O=[N+]([O-])c1ccc(CC2CCC(Oc3cccc(N4CCN(Cc5ccc(F)cc5)CC4)n3)CC2)cc1C(F)(F)F.O=[N+]([O-])c1ccc(CC2CCC(Oc3cccc(N4CCNCC4)n3)CC2)cc1C(F)(F)F. The lowest BCUT2D eigenvalue weighted by atomic mass is 9.83. The van der Waals surface area contributed by atoms with Crippen LogP contribution < -0.4 is 24.6 Å². The maximum absolute atomic E-state index is 13.3. The molecule has 83 heavy (non-hydrogen) atoms. The Balaban J connectivity index is 0.000000191. The minimum Gasteiger partial charge on any atom is -0.474 e. The van der Waals surface area contributed by atoms with Crippen molar-refractivity contribution in [1.82, 2.24) is 20.2 Å². The number of carbonyl (C=O) groups is 1. The molecule has 2 saturated heterocycles. The molecule has 6 aromatic rings. The maximum Gasteiger partial charge on any atom is 0.423 e. The molecular formula is C60H64F8N8O7. The zero-order chi connectivity index (χ0) is 59.1. The molecule has 2 aliphatic heterocycles. The predicted octanol–water partition coefficient (Wildman–Crippen LogP) is 12.9. The molecular weight excluding hydrogens is 1100 g/mol. The van der Waals surface area contributed by atoms with E-state index in [-0.39, 0.29) is 35.7 Å². The topological polar surface area (TPSA) is 169 Å². The summed E-state index contributed by atoms with van der Waals surface area (Å²) in [6.07, 6.45) is -1.61. The number of alkyl halides is 6. The molecule has 0 spiro atoms. The molecule has 1 N–H and O–H groups in total. The van der Waals surface area contributed by atoms with Gasteiger partial charge in [0, 0.05) is 88.7 Å². The number of carbonyl (C=O) groups excluding carboxylic acids is 1. The van der Waals surface area contributed by atoms with Crippen molar-refractivity contribution < 1.29 is 59.2 Å². The van der Waals surface area contributed by atoms with Crippen LogP contribution in [0.25, 0.3) is 0 Å². The first kappa shape index (κ1) is 61.3. The standard InChI is InChI=1S/C30H32F4N4O3.C23H27F3N4O3.C7H5FO/c31-24-9-4-22(5-10-24)20-36-14-16-37(17-15-36)28-2-1-3-29(35-28)41-25-11-6-21(7-12-25)18-23-8-13-27(38(39)40)26(19-23)30(32,33)34;24-23(25,26)19-15-17(6-9-20(19)30(31)32)14-16-4-7-18(8-5-16)33-22-3-1-2-21(28-22)29-12-10-27-11-13-29;8-7-3-1-6(5-9)2-4-7/h1-5,8-10,13,19,21,25H,6-7,11-12,14-18,20H2;1-3,6,9,15-16,18,27H,4-5,7-8,10-14H2;1-5H. The molecule has 4 fully saturated rings. The Morgan fingerprint density at radius 3 is 1.36 bits per heavy atom. The molecule has 15 nitrogen and oxygen atoms in total. The summed E-state index contributed by atoms with van der Waals surface area (Å²) < 4.78 is 117. The van der Waals surface area contributed by atoms with Crippen molar-refractivity contribution in [2.45, 2.75) is 95.3 Å². The number of nitrogens with one attached hydrogen (secondary N) is 1. The monoisotopic (exact) mass is 1160 g/mol. The van der Waals surface area contributed by atoms with E-state index < -0.39 is 44.7 Å². The van der Waals surface area contributed by atoms with E-state index in [1.54, 1.807) is 0 Å². The second kappa shape index (κ2) is 28.5. The highest BCUT2D eigenvalue weighted by molar-refractivity contribution is 5.74. The van der Waals surface area contributed by atoms with E-state index >= 15 is 0 Å². The average Bonchev–Trinajstić information content (AvgIpc) is 3.54. The highest BCUT2D eigenvalue weighted by Crippen LogP contribution is 2.40. The van der Waals surface area contributed by atoms with Crippen molar-refractivity contribution in [2.24, 2.45) is 11.8 Å². The van der Waals surface area contributed by atoms with Crippen LogP contribution in [0.2, 0.25) is 0 Å². The van der Waals surface area contributed by atoms with E-state index in [0.717, 1.165) is 152 Å². The molecule has 2 aromatic heterocycles. The number of piperazine rings is 2. The first-order valence-electron chi connectivity index (χ1n) is 27.6. The van der Waals surface area contributed by atoms with Crippen molar-refractivity contribution in [1.29, 1.82) is 0 Å². The molecule has 0 radical (unpaired) electrons. The van der Waals surface area contributed by atoms with Crippen LogP contribution in [-0.2, 0) is 31.7 Å². The molecule has 4 aliphatic rings. The summed E-state index contributed by atoms with van der Waals surface area (Å²) >= 11 is 0. The van der Waals surface area contributed by atoms with Crippen LogP contribution in [0.3, 0.4) is 0 Å². The predicted molar refractivity (Wildman–Crippen MR) is 296 cm³/mol. The Kier molecular flexibility index (Phi) is 21.0. The highest BCUT2D eigenvalue weighted by Gasteiger charge is 2.40. The van der Waals surface area contributed by atoms with Gasteiger partial charge in [-0.15, -0.1) is 0 Å². The van der Waals surface area contributed by atoms with Gasteiger partial charge in [-0.1, -0.05) is 36.4 Å². The number of pyridine rings is 2. The van der Waals surface area contributed by atoms with Crippen LogP contribution in [0.1, 0.15) is 89.5 Å². The summed E-state index contributed by atoms with van der Waals surface area (Å²) in [5.74, 6) is 2.77. The number of nitro groups is 2. The number of aromatic nitrogens is 2. The fourth-order valence-electron chi connectivity index (χ4n) is 10.8. The smallest absolute Gasteiger partial charge is 0.423 e. The lowest BCUT2D eigenvalue weighted by molar-refractivity contribution is -0.388. The number of halogens is 8. The van der Waals surface area contributed by atoms with Gasteiger partial charge in [0.05, 0.1) is 9.85 Å². The van der Waals surface area contributed by atoms with Crippen molar-refractivity contribution in [2.75, 3.05) is 62.2 Å². The lowest BCUT2D eigenvalue weighted by Gasteiger charge is -2.35. The number of ether oxygens (including phenoxy) is 2. The number of hydrogen-bond acceptors (Lipinski definition) is 13. The third kappa shape index (κ3) is 18.1. The van der Waals surface area contributed by atoms with E-state index in [0.29, 0.717) is 47.6 Å². The molecule has 4 aromatic carbocycles. The summed E-state index contributed by atoms with van der Waals surface area (Å²) in [6.45, 7) is 7.82. The Morgan fingerprint density at radius 2 is 0.952 bits per heavy atom. The highest BCUT2D eigenvalue weighted by atomic mass is 19.4. The van der Waals surface area contributed by atoms with Gasteiger partial charge in [0.2, 0.25) is 11.8 Å². The third-order valence-electron chi connectivity index (χ3n) is 15.2. The first-order chi connectivity index (χ1) is 39.8. The Hall–Kier alpha value is -7.79. The Labute approximate surface area is 474 Å². The second-order valence-electron chi connectivity index (χ2n) is 21.1. The van der Waals surface area contributed by atoms with Gasteiger partial charge >= 0.3 is 12.4 Å². The summed E-state index contributed by atoms with van der Waals surface area (Å²) in [5, 5.41) is 25.3. The first-order valence-corrected chi connectivity index (χ1v) is 27.6. The van der Waals surface area contributed by atoms with Gasteiger partial charge in [0.15, 0.2) is 0 Å². The number of nitro benzene ring substituents is 2. The fraction of sp³-hybridized carbons (Fsp3) is 0.417.